The van der Waals surface area contributed by atoms with Gasteiger partial charge < -0.3 is 10.1 Å². The van der Waals surface area contributed by atoms with E-state index < -0.39 is 0 Å². The van der Waals surface area contributed by atoms with E-state index in [2.05, 4.69) is 21.2 Å². The molecule has 0 bridgehead atoms. The Kier molecular flexibility index (Phi) is 4.17. The van der Waals surface area contributed by atoms with Gasteiger partial charge in [0, 0.05) is 11.3 Å². The Morgan fingerprint density at radius 1 is 1.30 bits per heavy atom. The van der Waals surface area contributed by atoms with Gasteiger partial charge in [0.05, 0.1) is 10.4 Å². The summed E-state index contributed by atoms with van der Waals surface area (Å²) in [6.07, 6.45) is 0. The summed E-state index contributed by atoms with van der Waals surface area (Å²) in [6, 6.07) is 9.08. The predicted molar refractivity (Wildman–Crippen MR) is 87.4 cm³/mol. The van der Waals surface area contributed by atoms with Crippen molar-refractivity contribution < 1.29 is 18.7 Å². The molecular formula is C17H13BrFNO3. The van der Waals surface area contributed by atoms with Crippen LogP contribution in [0.25, 0.3) is 0 Å². The minimum atomic E-state index is -0.389. The Balaban J connectivity index is 1.73. The Hall–Kier alpha value is -2.21. The lowest BCUT2D eigenvalue weighted by molar-refractivity contribution is -0.116. The number of halogens is 2. The molecule has 4 nitrogen and oxygen atoms in total. The summed E-state index contributed by atoms with van der Waals surface area (Å²) in [6.45, 7) is 1.63. The van der Waals surface area contributed by atoms with Crippen LogP contribution < -0.4 is 10.1 Å². The molecule has 0 spiro atoms. The molecule has 0 aromatic heterocycles. The molecule has 0 radical (unpaired) electrons. The number of carbonyl (C=O) groups is 2. The molecule has 1 aliphatic rings. The average Bonchev–Trinajstić information content (AvgIpc) is 2.80. The van der Waals surface area contributed by atoms with Gasteiger partial charge in [0.2, 0.25) is 5.91 Å². The maximum Gasteiger partial charge on any atom is 0.231 e. The molecule has 6 heteroatoms. The van der Waals surface area contributed by atoms with Crippen molar-refractivity contribution in [2.24, 2.45) is 0 Å². The third kappa shape index (κ3) is 3.12. The number of Topliss-reactive ketones (excluding diaryl/α,β-unsaturated/α-hetero) is 1. The van der Waals surface area contributed by atoms with Gasteiger partial charge in [0.25, 0.3) is 0 Å². The van der Waals surface area contributed by atoms with E-state index in [9.17, 15) is 14.0 Å². The highest BCUT2D eigenvalue weighted by Crippen LogP contribution is 2.33. The second-order valence-electron chi connectivity index (χ2n) is 5.30. The molecule has 3 rings (SSSR count). The van der Waals surface area contributed by atoms with E-state index in [0.717, 1.165) is 11.3 Å². The molecule has 1 amide bonds. The Labute approximate surface area is 140 Å². The fourth-order valence-corrected chi connectivity index (χ4v) is 2.87. The van der Waals surface area contributed by atoms with Gasteiger partial charge in [-0.05, 0) is 64.8 Å². The van der Waals surface area contributed by atoms with Crippen molar-refractivity contribution in [1.82, 2.24) is 0 Å². The number of ketones is 1. The molecule has 23 heavy (non-hydrogen) atoms. The number of ether oxygens (including phenoxy) is 1. The zero-order valence-corrected chi connectivity index (χ0v) is 13.8. The highest BCUT2D eigenvalue weighted by atomic mass is 79.9. The first-order chi connectivity index (χ1) is 11.0. The van der Waals surface area contributed by atoms with Crippen LogP contribution in [0.15, 0.2) is 40.9 Å². The molecule has 1 heterocycles. The molecule has 0 saturated carbocycles. The Morgan fingerprint density at radius 3 is 2.83 bits per heavy atom. The fraction of sp³-hybridized carbons (Fsp3) is 0.176. The van der Waals surface area contributed by atoms with Gasteiger partial charge in [-0.15, -0.1) is 0 Å². The SMILES string of the molecule is C[C@@H]1C(=O)Nc2ccc(C(=O)COc3ccc(F)cc3Br)cc21. The van der Waals surface area contributed by atoms with Crippen molar-refractivity contribution in [1.29, 1.82) is 0 Å². The maximum absolute atomic E-state index is 13.0. The molecule has 2 aromatic rings. The highest BCUT2D eigenvalue weighted by molar-refractivity contribution is 9.10. The van der Waals surface area contributed by atoms with Gasteiger partial charge in [0.15, 0.2) is 12.4 Å². The third-order valence-corrected chi connectivity index (χ3v) is 4.36. The van der Waals surface area contributed by atoms with Gasteiger partial charge in [-0.3, -0.25) is 9.59 Å². The largest absolute Gasteiger partial charge is 0.484 e. The summed E-state index contributed by atoms with van der Waals surface area (Å²) < 4.78 is 18.9. The first kappa shape index (κ1) is 15.7. The molecule has 0 aliphatic carbocycles. The van der Waals surface area contributed by atoms with Crippen LogP contribution in [0.4, 0.5) is 10.1 Å². The number of hydrogen-bond donors (Lipinski definition) is 1. The van der Waals surface area contributed by atoms with Crippen LogP contribution in [0.2, 0.25) is 0 Å². The number of fused-ring (bicyclic) bond motifs is 1. The minimum Gasteiger partial charge on any atom is -0.484 e. The number of rotatable bonds is 4. The van der Waals surface area contributed by atoms with Crippen LogP contribution in [0.1, 0.15) is 28.8 Å². The molecule has 1 N–H and O–H groups in total. The number of anilines is 1. The first-order valence-corrected chi connectivity index (χ1v) is 7.81. The summed E-state index contributed by atoms with van der Waals surface area (Å²) in [5, 5.41) is 2.76. The zero-order chi connectivity index (χ0) is 16.6. The van der Waals surface area contributed by atoms with Gasteiger partial charge in [0.1, 0.15) is 11.6 Å². The average molecular weight is 378 g/mol. The lowest BCUT2D eigenvalue weighted by Gasteiger charge is -2.09. The van der Waals surface area contributed by atoms with E-state index in [1.807, 2.05) is 0 Å². The number of nitrogens with one attached hydrogen (secondary N) is 1. The van der Waals surface area contributed by atoms with Gasteiger partial charge in [-0.25, -0.2) is 4.39 Å². The second kappa shape index (κ2) is 6.12. The van der Waals surface area contributed by atoms with Gasteiger partial charge in [-0.2, -0.15) is 0 Å². The standard InChI is InChI=1S/C17H13BrFNO3/c1-9-12-6-10(2-4-14(12)20-17(9)22)15(21)8-23-16-5-3-11(19)7-13(16)18/h2-7,9H,8H2,1H3,(H,20,22)/t9-/m0/s1. The molecular weight excluding hydrogens is 365 g/mol. The summed E-state index contributed by atoms with van der Waals surface area (Å²) in [4.78, 5) is 23.9. The molecule has 0 fully saturated rings. The van der Waals surface area contributed by atoms with E-state index >= 15 is 0 Å². The van der Waals surface area contributed by atoms with E-state index in [1.54, 1.807) is 25.1 Å². The Morgan fingerprint density at radius 2 is 2.09 bits per heavy atom. The van der Waals surface area contributed by atoms with Crippen LogP contribution >= 0.6 is 15.9 Å². The quantitative estimate of drug-likeness (QED) is 0.821. The van der Waals surface area contributed by atoms with E-state index in [-0.39, 0.29) is 30.0 Å². The van der Waals surface area contributed by atoms with Crippen molar-refractivity contribution in [3.05, 3.63) is 57.8 Å². The van der Waals surface area contributed by atoms with Crippen molar-refractivity contribution in [2.75, 3.05) is 11.9 Å². The van der Waals surface area contributed by atoms with E-state index in [0.29, 0.717) is 15.8 Å². The lowest BCUT2D eigenvalue weighted by atomic mass is 9.99. The van der Waals surface area contributed by atoms with Crippen molar-refractivity contribution in [3.63, 3.8) is 0 Å². The van der Waals surface area contributed by atoms with Crippen LogP contribution in [-0.2, 0) is 4.79 Å². The summed E-state index contributed by atoms with van der Waals surface area (Å²) in [5.74, 6) is -0.553. The molecule has 0 unspecified atom stereocenters. The number of hydrogen-bond acceptors (Lipinski definition) is 3. The zero-order valence-electron chi connectivity index (χ0n) is 12.2. The molecule has 2 aromatic carbocycles. The predicted octanol–water partition coefficient (Wildman–Crippen LogP) is 3.91. The normalized spacial score (nSPS) is 16.0. The van der Waals surface area contributed by atoms with E-state index in [1.165, 1.54) is 18.2 Å². The van der Waals surface area contributed by atoms with Crippen LogP contribution in [-0.4, -0.2) is 18.3 Å². The molecule has 0 saturated heterocycles. The topological polar surface area (TPSA) is 55.4 Å². The Bertz CT molecular complexity index is 806. The maximum atomic E-state index is 13.0. The monoisotopic (exact) mass is 377 g/mol. The summed E-state index contributed by atoms with van der Waals surface area (Å²) in [5.41, 5.74) is 2.02. The van der Waals surface area contributed by atoms with Crippen molar-refractivity contribution >= 4 is 33.3 Å². The van der Waals surface area contributed by atoms with Crippen LogP contribution in [0.3, 0.4) is 0 Å². The minimum absolute atomic E-state index is 0.0731. The number of amides is 1. The first-order valence-electron chi connectivity index (χ1n) is 7.01. The number of benzene rings is 2. The number of carbonyl (C=O) groups excluding carboxylic acids is 2. The van der Waals surface area contributed by atoms with Gasteiger partial charge in [-0.1, -0.05) is 0 Å². The van der Waals surface area contributed by atoms with Crippen LogP contribution in [0.5, 0.6) is 5.75 Å². The summed E-state index contributed by atoms with van der Waals surface area (Å²) >= 11 is 3.19. The second-order valence-corrected chi connectivity index (χ2v) is 6.15. The fourth-order valence-electron chi connectivity index (χ4n) is 2.41. The summed E-state index contributed by atoms with van der Waals surface area (Å²) in [7, 11) is 0. The van der Waals surface area contributed by atoms with E-state index in [4.69, 9.17) is 4.74 Å². The van der Waals surface area contributed by atoms with Crippen LogP contribution in [0, 0.1) is 5.82 Å². The van der Waals surface area contributed by atoms with Gasteiger partial charge >= 0.3 is 0 Å². The third-order valence-electron chi connectivity index (χ3n) is 3.74. The lowest BCUT2D eigenvalue weighted by Crippen LogP contribution is -2.12. The molecule has 1 atom stereocenters. The smallest absolute Gasteiger partial charge is 0.231 e. The molecule has 1 aliphatic heterocycles. The van der Waals surface area contributed by atoms with Crippen molar-refractivity contribution in [2.45, 2.75) is 12.8 Å². The molecule has 118 valence electrons. The highest BCUT2D eigenvalue weighted by Gasteiger charge is 2.27. The van der Waals surface area contributed by atoms with Crippen molar-refractivity contribution in [3.8, 4) is 5.75 Å².